The molecule has 3 heterocycles. The van der Waals surface area contributed by atoms with Crippen molar-refractivity contribution in [2.45, 2.75) is 43.8 Å². The van der Waals surface area contributed by atoms with Gasteiger partial charge >= 0.3 is 0 Å². The Labute approximate surface area is 216 Å². The number of aromatic nitrogens is 1. The second-order valence-corrected chi connectivity index (χ2v) is 10.3. The quantitative estimate of drug-likeness (QED) is 0.335. The van der Waals surface area contributed by atoms with Crippen molar-refractivity contribution in [3.63, 3.8) is 0 Å². The molecule has 11 heteroatoms. The molecule has 3 aromatic rings. The number of nitrogens with zero attached hydrogens (tertiary/aromatic N) is 2. The summed E-state index contributed by atoms with van der Waals surface area (Å²) in [5.74, 6) is -5.80. The first-order valence-electron chi connectivity index (χ1n) is 12.7. The molecular formula is C27H30F6N4O. The Morgan fingerprint density at radius 1 is 1.11 bits per heavy atom. The van der Waals surface area contributed by atoms with Crippen LogP contribution >= 0.6 is 0 Å². The molecule has 206 valence electrons. The Morgan fingerprint density at radius 2 is 1.82 bits per heavy atom. The van der Waals surface area contributed by atoms with Crippen LogP contribution in [0.2, 0.25) is 0 Å². The first-order chi connectivity index (χ1) is 18.1. The van der Waals surface area contributed by atoms with E-state index in [1.54, 1.807) is 6.92 Å². The number of likely N-dealkylation sites (tertiary alicyclic amines) is 1. The van der Waals surface area contributed by atoms with Crippen molar-refractivity contribution in [3.05, 3.63) is 64.6 Å². The zero-order chi connectivity index (χ0) is 27.2. The molecule has 0 spiro atoms. The van der Waals surface area contributed by atoms with E-state index in [1.807, 2.05) is 4.90 Å². The normalized spacial score (nSPS) is 21.1. The maximum Gasteiger partial charge on any atom is 0.283 e. The van der Waals surface area contributed by atoms with E-state index < -0.39 is 60.8 Å². The fraction of sp³-hybridized carbons (Fsp3) is 0.481. The third-order valence-corrected chi connectivity index (χ3v) is 7.51. The summed E-state index contributed by atoms with van der Waals surface area (Å²) in [4.78, 5) is 6.40. The highest BCUT2D eigenvalue weighted by atomic mass is 19.3. The molecule has 2 aliphatic rings. The van der Waals surface area contributed by atoms with Gasteiger partial charge in [-0.2, -0.15) is 0 Å². The highest BCUT2D eigenvalue weighted by Crippen LogP contribution is 2.44. The molecule has 1 aromatic heterocycles. The Bertz CT molecular complexity index is 1290. The molecule has 0 aliphatic carbocycles. The predicted molar refractivity (Wildman–Crippen MR) is 133 cm³/mol. The minimum absolute atomic E-state index is 0.0519. The van der Waals surface area contributed by atoms with Crippen molar-refractivity contribution in [2.24, 2.45) is 0 Å². The molecule has 3 N–H and O–H groups in total. The average Bonchev–Trinajstić information content (AvgIpc) is 3.18. The van der Waals surface area contributed by atoms with Gasteiger partial charge in [0, 0.05) is 53.5 Å². The highest BCUT2D eigenvalue weighted by molar-refractivity contribution is 5.85. The molecule has 1 unspecified atom stereocenters. The van der Waals surface area contributed by atoms with Crippen LogP contribution in [0.1, 0.15) is 36.2 Å². The number of alkyl halides is 3. The topological polar surface area (TPSA) is 54.5 Å². The number of aliphatic hydroxyl groups is 1. The van der Waals surface area contributed by atoms with E-state index in [0.29, 0.717) is 48.2 Å². The summed E-state index contributed by atoms with van der Waals surface area (Å²) in [5.41, 5.74) is 1.28. The molecule has 5 nitrogen and oxygen atoms in total. The number of aliphatic hydroxyl groups excluding tert-OH is 1. The SMILES string of the molecule is CC1Cc2c([nH]c3ccc(F)cc23)[C@H](c2c(F)cc(NC3CN(CCCF)C3)cc2F)N1CC(F)(F)CO. The van der Waals surface area contributed by atoms with Gasteiger partial charge in [-0.25, -0.2) is 22.0 Å². The molecule has 5 rings (SSSR count). The van der Waals surface area contributed by atoms with Crippen molar-refractivity contribution in [2.75, 3.05) is 44.8 Å². The molecular weight excluding hydrogens is 510 g/mol. The number of hydrogen-bond acceptors (Lipinski definition) is 4. The number of benzene rings is 2. The van der Waals surface area contributed by atoms with Crippen LogP contribution < -0.4 is 5.32 Å². The third-order valence-electron chi connectivity index (χ3n) is 7.51. The number of hydrogen-bond donors (Lipinski definition) is 3. The van der Waals surface area contributed by atoms with Gasteiger partial charge < -0.3 is 15.4 Å². The van der Waals surface area contributed by atoms with Crippen molar-refractivity contribution < 1.29 is 31.4 Å². The third kappa shape index (κ3) is 5.11. The molecule has 0 radical (unpaired) electrons. The van der Waals surface area contributed by atoms with Crippen LogP contribution in [0.4, 0.5) is 32.0 Å². The van der Waals surface area contributed by atoms with Gasteiger partial charge in [0.1, 0.15) is 24.1 Å². The van der Waals surface area contributed by atoms with Gasteiger partial charge in [0.25, 0.3) is 5.92 Å². The van der Waals surface area contributed by atoms with Gasteiger partial charge in [-0.05, 0) is 55.7 Å². The molecule has 1 fully saturated rings. The minimum Gasteiger partial charge on any atom is -0.390 e. The zero-order valence-electron chi connectivity index (χ0n) is 20.9. The van der Waals surface area contributed by atoms with Crippen LogP contribution in [0.25, 0.3) is 10.9 Å². The highest BCUT2D eigenvalue weighted by Gasteiger charge is 2.43. The van der Waals surface area contributed by atoms with E-state index in [9.17, 15) is 22.7 Å². The standard InChI is InChI=1S/C27H30F6N4O/c1-15-7-20-19-8-16(29)3-4-23(19)35-25(20)26(37(15)13-27(32,33)14-38)24-21(30)9-17(10-22(24)31)34-18-11-36(12-18)6-2-5-28/h3-4,8-10,15,18,26,34-35,38H,2,5-7,11-14H2,1H3/t15?,26-/m0/s1. The Hall–Kier alpha value is -2.76. The molecule has 38 heavy (non-hydrogen) atoms. The number of nitrogens with one attached hydrogen (secondary N) is 2. The van der Waals surface area contributed by atoms with E-state index in [-0.39, 0.29) is 18.2 Å². The van der Waals surface area contributed by atoms with Gasteiger partial charge in [0.2, 0.25) is 0 Å². The Morgan fingerprint density at radius 3 is 2.47 bits per heavy atom. The van der Waals surface area contributed by atoms with Gasteiger partial charge in [-0.15, -0.1) is 0 Å². The van der Waals surface area contributed by atoms with Crippen molar-refractivity contribution in [3.8, 4) is 0 Å². The summed E-state index contributed by atoms with van der Waals surface area (Å²) in [6.07, 6.45) is 0.680. The number of fused-ring (bicyclic) bond motifs is 3. The first-order valence-corrected chi connectivity index (χ1v) is 12.7. The molecule has 0 saturated carbocycles. The summed E-state index contributed by atoms with van der Waals surface area (Å²) < 4.78 is 86.6. The number of anilines is 1. The fourth-order valence-electron chi connectivity index (χ4n) is 5.69. The van der Waals surface area contributed by atoms with Gasteiger partial charge in [0.05, 0.1) is 25.3 Å². The second-order valence-electron chi connectivity index (χ2n) is 10.3. The summed E-state index contributed by atoms with van der Waals surface area (Å²) in [5, 5.41) is 12.8. The number of rotatable bonds is 9. The average molecular weight is 541 g/mol. The fourth-order valence-corrected chi connectivity index (χ4v) is 5.69. The lowest BCUT2D eigenvalue weighted by Gasteiger charge is -2.42. The van der Waals surface area contributed by atoms with Crippen LogP contribution in [0, 0.1) is 17.5 Å². The molecule has 2 aromatic carbocycles. The predicted octanol–water partition coefficient (Wildman–Crippen LogP) is 5.00. The Balaban J connectivity index is 1.52. The zero-order valence-corrected chi connectivity index (χ0v) is 20.9. The van der Waals surface area contributed by atoms with E-state index in [2.05, 4.69) is 10.3 Å². The first kappa shape index (κ1) is 26.8. The lowest BCUT2D eigenvalue weighted by Crippen LogP contribution is -2.54. The van der Waals surface area contributed by atoms with Crippen molar-refractivity contribution >= 4 is 16.6 Å². The number of H-pyrrole nitrogens is 1. The lowest BCUT2D eigenvalue weighted by atomic mass is 9.87. The van der Waals surface area contributed by atoms with Gasteiger partial charge in [-0.3, -0.25) is 14.2 Å². The van der Waals surface area contributed by atoms with Crippen LogP contribution in [-0.2, 0) is 6.42 Å². The Kier molecular flexibility index (Phi) is 7.36. The van der Waals surface area contributed by atoms with Crippen molar-refractivity contribution in [1.29, 1.82) is 0 Å². The van der Waals surface area contributed by atoms with Crippen molar-refractivity contribution in [1.82, 2.24) is 14.8 Å². The molecule has 0 bridgehead atoms. The molecule has 2 aliphatic heterocycles. The largest absolute Gasteiger partial charge is 0.390 e. The van der Waals surface area contributed by atoms with E-state index in [4.69, 9.17) is 0 Å². The van der Waals surface area contributed by atoms with Crippen LogP contribution in [0.15, 0.2) is 30.3 Å². The van der Waals surface area contributed by atoms with Gasteiger partial charge in [0.15, 0.2) is 0 Å². The van der Waals surface area contributed by atoms with Gasteiger partial charge in [-0.1, -0.05) is 0 Å². The van der Waals surface area contributed by atoms with Crippen LogP contribution in [-0.4, -0.2) is 77.4 Å². The van der Waals surface area contributed by atoms with Crippen LogP contribution in [0.5, 0.6) is 0 Å². The molecule has 1 saturated heterocycles. The van der Waals surface area contributed by atoms with E-state index >= 15 is 8.78 Å². The summed E-state index contributed by atoms with van der Waals surface area (Å²) in [6, 6.07) is 4.47. The second kappa shape index (κ2) is 10.4. The van der Waals surface area contributed by atoms with E-state index in [1.165, 1.54) is 23.1 Å². The summed E-state index contributed by atoms with van der Waals surface area (Å²) in [7, 11) is 0. The monoisotopic (exact) mass is 540 g/mol. The smallest absolute Gasteiger partial charge is 0.283 e. The van der Waals surface area contributed by atoms with Crippen LogP contribution in [0.3, 0.4) is 0 Å². The van der Waals surface area contributed by atoms with E-state index in [0.717, 1.165) is 12.1 Å². The molecule has 2 atom stereocenters. The maximum atomic E-state index is 15.7. The maximum absolute atomic E-state index is 15.7. The number of aromatic amines is 1. The number of halogens is 6. The lowest BCUT2D eigenvalue weighted by molar-refractivity contribution is -0.0869. The summed E-state index contributed by atoms with van der Waals surface area (Å²) >= 11 is 0. The molecule has 0 amide bonds. The minimum atomic E-state index is -3.51. The summed E-state index contributed by atoms with van der Waals surface area (Å²) in [6.45, 7) is 0.772.